The molecule has 0 radical (unpaired) electrons. The van der Waals surface area contributed by atoms with Crippen LogP contribution in [0.2, 0.25) is 0 Å². The molecule has 1 aliphatic carbocycles. The molecule has 2 atom stereocenters. The predicted molar refractivity (Wildman–Crippen MR) is 120 cm³/mol. The summed E-state index contributed by atoms with van der Waals surface area (Å²) in [6.45, 7) is 7.56. The fraction of sp³-hybridized carbons (Fsp3) is 0.583. The second-order valence-electron chi connectivity index (χ2n) is 8.74. The zero-order valence-corrected chi connectivity index (χ0v) is 18.1. The number of rotatable bonds is 2. The Morgan fingerprint density at radius 2 is 1.73 bits per heavy atom. The van der Waals surface area contributed by atoms with Crippen molar-refractivity contribution < 1.29 is 9.59 Å². The summed E-state index contributed by atoms with van der Waals surface area (Å²) < 4.78 is 0. The Hall–Kier alpha value is -2.34. The van der Waals surface area contributed by atoms with E-state index < -0.39 is 6.04 Å². The minimum atomic E-state index is -0.454. The Balaban J connectivity index is 1.65. The van der Waals surface area contributed by atoms with E-state index in [9.17, 15) is 9.59 Å². The van der Waals surface area contributed by atoms with Gasteiger partial charge < -0.3 is 21.3 Å². The SMILES string of the molecule is C=C1CNC(C)CCc2ccccc2CCCNC(=O)C(CC2CC2)NC(=O)CN1. The lowest BCUT2D eigenvalue weighted by molar-refractivity contribution is -0.128. The molecule has 0 spiro atoms. The normalized spacial score (nSPS) is 25.2. The van der Waals surface area contributed by atoms with Gasteiger partial charge in [-0.2, -0.15) is 0 Å². The second-order valence-corrected chi connectivity index (χ2v) is 8.74. The minimum absolute atomic E-state index is 0.0704. The van der Waals surface area contributed by atoms with Crippen LogP contribution in [-0.4, -0.2) is 43.5 Å². The molecule has 1 aliphatic heterocycles. The number of hydrogen-bond acceptors (Lipinski definition) is 4. The van der Waals surface area contributed by atoms with Crippen molar-refractivity contribution in [3.63, 3.8) is 0 Å². The highest BCUT2D eigenvalue weighted by Gasteiger charge is 2.30. The van der Waals surface area contributed by atoms with Gasteiger partial charge in [-0.15, -0.1) is 0 Å². The number of aryl methyl sites for hydroxylation is 2. The van der Waals surface area contributed by atoms with Crippen LogP contribution >= 0.6 is 0 Å². The topological polar surface area (TPSA) is 82.3 Å². The zero-order valence-electron chi connectivity index (χ0n) is 18.1. The van der Waals surface area contributed by atoms with Crippen LogP contribution in [0.1, 0.15) is 50.2 Å². The van der Waals surface area contributed by atoms with Gasteiger partial charge in [-0.05, 0) is 56.1 Å². The molecular weight excluding hydrogens is 376 g/mol. The van der Waals surface area contributed by atoms with Crippen molar-refractivity contribution in [2.45, 2.75) is 64.0 Å². The first-order valence-electron chi connectivity index (χ1n) is 11.3. The molecule has 6 nitrogen and oxygen atoms in total. The first-order valence-corrected chi connectivity index (χ1v) is 11.3. The number of hydrogen-bond donors (Lipinski definition) is 4. The van der Waals surface area contributed by atoms with Crippen LogP contribution in [0.15, 0.2) is 36.5 Å². The minimum Gasteiger partial charge on any atom is -0.379 e. The Labute approximate surface area is 180 Å². The highest BCUT2D eigenvalue weighted by Crippen LogP contribution is 2.33. The average molecular weight is 413 g/mol. The van der Waals surface area contributed by atoms with Gasteiger partial charge >= 0.3 is 0 Å². The van der Waals surface area contributed by atoms with Crippen molar-refractivity contribution in [1.29, 1.82) is 0 Å². The van der Waals surface area contributed by atoms with Gasteiger partial charge in [0.1, 0.15) is 6.04 Å². The molecular formula is C24H36N4O2. The van der Waals surface area contributed by atoms with Crippen molar-refractivity contribution in [2.75, 3.05) is 19.6 Å². The highest BCUT2D eigenvalue weighted by molar-refractivity contribution is 5.88. The Morgan fingerprint density at radius 3 is 2.47 bits per heavy atom. The molecule has 164 valence electrons. The van der Waals surface area contributed by atoms with Crippen LogP contribution in [0, 0.1) is 5.92 Å². The second kappa shape index (κ2) is 11.2. The summed E-state index contributed by atoms with van der Waals surface area (Å²) in [7, 11) is 0. The Kier molecular flexibility index (Phi) is 8.31. The van der Waals surface area contributed by atoms with Crippen molar-refractivity contribution in [3.8, 4) is 0 Å². The van der Waals surface area contributed by atoms with E-state index in [1.165, 1.54) is 11.1 Å². The molecule has 0 aromatic heterocycles. The summed E-state index contributed by atoms with van der Waals surface area (Å²) in [5.74, 6) is 0.318. The molecule has 1 aromatic rings. The number of carbonyl (C=O) groups is 2. The quantitative estimate of drug-likeness (QED) is 0.599. The van der Waals surface area contributed by atoms with Crippen LogP contribution in [0.5, 0.6) is 0 Å². The van der Waals surface area contributed by atoms with Gasteiger partial charge in [-0.25, -0.2) is 0 Å². The summed E-state index contributed by atoms with van der Waals surface area (Å²) in [6.07, 6.45) is 6.90. The third kappa shape index (κ3) is 7.48. The van der Waals surface area contributed by atoms with Gasteiger partial charge in [0.05, 0.1) is 6.54 Å². The van der Waals surface area contributed by atoms with Gasteiger partial charge in [0.15, 0.2) is 0 Å². The van der Waals surface area contributed by atoms with Gasteiger partial charge in [0.2, 0.25) is 11.8 Å². The number of benzene rings is 1. The van der Waals surface area contributed by atoms with Gasteiger partial charge in [-0.3, -0.25) is 9.59 Å². The average Bonchev–Trinajstić information content (AvgIpc) is 3.56. The molecule has 3 rings (SSSR count). The lowest BCUT2D eigenvalue weighted by Gasteiger charge is -2.20. The highest BCUT2D eigenvalue weighted by atomic mass is 16.2. The van der Waals surface area contributed by atoms with Crippen molar-refractivity contribution in [2.24, 2.45) is 5.92 Å². The third-order valence-corrected chi connectivity index (χ3v) is 5.97. The largest absolute Gasteiger partial charge is 0.379 e. The number of nitrogens with one attached hydrogen (secondary N) is 4. The van der Waals surface area contributed by atoms with E-state index in [4.69, 9.17) is 0 Å². The molecule has 2 amide bonds. The maximum absolute atomic E-state index is 12.7. The summed E-state index contributed by atoms with van der Waals surface area (Å²) in [5, 5.41) is 12.5. The van der Waals surface area contributed by atoms with Crippen LogP contribution in [0.4, 0.5) is 0 Å². The molecule has 0 saturated heterocycles. The maximum Gasteiger partial charge on any atom is 0.242 e. The molecule has 30 heavy (non-hydrogen) atoms. The molecule has 4 N–H and O–H groups in total. The number of carbonyl (C=O) groups excluding carboxylic acids is 2. The molecule has 2 unspecified atom stereocenters. The van der Waals surface area contributed by atoms with Crippen molar-refractivity contribution in [3.05, 3.63) is 47.7 Å². The van der Waals surface area contributed by atoms with Gasteiger partial charge in [-0.1, -0.05) is 43.7 Å². The van der Waals surface area contributed by atoms with Crippen LogP contribution in [0.25, 0.3) is 0 Å². The molecule has 1 heterocycles. The lowest BCUT2D eigenvalue weighted by atomic mass is 9.97. The first kappa shape index (κ1) is 22.3. The number of amides is 2. The third-order valence-electron chi connectivity index (χ3n) is 5.97. The summed E-state index contributed by atoms with van der Waals surface area (Å²) in [4.78, 5) is 25.1. The van der Waals surface area contributed by atoms with Crippen LogP contribution in [0.3, 0.4) is 0 Å². The monoisotopic (exact) mass is 412 g/mol. The van der Waals surface area contributed by atoms with Crippen LogP contribution in [-0.2, 0) is 22.4 Å². The molecule has 6 heteroatoms. The molecule has 1 saturated carbocycles. The van der Waals surface area contributed by atoms with E-state index in [-0.39, 0.29) is 18.4 Å². The van der Waals surface area contributed by atoms with E-state index >= 15 is 0 Å². The van der Waals surface area contributed by atoms with Crippen molar-refractivity contribution in [1.82, 2.24) is 21.3 Å². The van der Waals surface area contributed by atoms with E-state index in [1.807, 2.05) is 0 Å². The van der Waals surface area contributed by atoms with E-state index in [1.54, 1.807) is 0 Å². The Morgan fingerprint density at radius 1 is 1.00 bits per heavy atom. The van der Waals surface area contributed by atoms with Gasteiger partial charge in [0, 0.05) is 24.8 Å². The number of fused-ring (bicyclic) bond motifs is 1. The van der Waals surface area contributed by atoms with Crippen molar-refractivity contribution >= 4 is 11.8 Å². The summed E-state index contributed by atoms with van der Waals surface area (Å²) in [5.41, 5.74) is 3.52. The summed E-state index contributed by atoms with van der Waals surface area (Å²) in [6, 6.07) is 8.48. The standard InChI is InChI=1S/C24H36N4O2/c1-17-9-12-21-7-4-3-6-20(21)8-5-13-25-24(30)22(14-19-10-11-19)28-23(29)16-27-18(2)15-26-17/h3-4,6-7,17,19,22,26-27H,2,5,8-16H2,1H3,(H,25,30)(H,28,29). The molecule has 0 bridgehead atoms. The Bertz CT molecular complexity index is 744. The van der Waals surface area contributed by atoms with Crippen LogP contribution < -0.4 is 21.3 Å². The van der Waals surface area contributed by atoms with E-state index in [2.05, 4.69) is 59.0 Å². The van der Waals surface area contributed by atoms with E-state index in [0.29, 0.717) is 25.0 Å². The molecule has 1 aromatic carbocycles. The van der Waals surface area contributed by atoms with E-state index in [0.717, 1.165) is 50.6 Å². The fourth-order valence-electron chi connectivity index (χ4n) is 3.86. The van der Waals surface area contributed by atoms with Gasteiger partial charge in [0.25, 0.3) is 0 Å². The fourth-order valence-corrected chi connectivity index (χ4v) is 3.86. The predicted octanol–water partition coefficient (Wildman–Crippen LogP) is 2.05. The summed E-state index contributed by atoms with van der Waals surface area (Å²) >= 11 is 0. The smallest absolute Gasteiger partial charge is 0.242 e. The zero-order chi connectivity index (χ0) is 21.3. The lowest BCUT2D eigenvalue weighted by Crippen LogP contribution is -2.49. The maximum atomic E-state index is 12.7. The molecule has 1 fully saturated rings. The molecule has 2 aliphatic rings. The first-order chi connectivity index (χ1) is 14.5.